The van der Waals surface area contributed by atoms with Crippen molar-refractivity contribution in [2.24, 2.45) is 0 Å². The SMILES string of the molecule is CC(=O)N1CCNCC1CCc1ccc(C)cc1C. The first-order chi connectivity index (χ1) is 9.08. The number of carbonyl (C=O) groups is 1. The highest BCUT2D eigenvalue weighted by atomic mass is 16.2. The molecule has 1 aromatic rings. The third-order valence-electron chi connectivity index (χ3n) is 4.00. The van der Waals surface area contributed by atoms with Crippen LogP contribution in [-0.2, 0) is 11.2 Å². The Kier molecular flexibility index (Phi) is 4.59. The second kappa shape index (κ2) is 6.20. The van der Waals surface area contributed by atoms with Crippen LogP contribution in [0.1, 0.15) is 30.0 Å². The number of nitrogens with one attached hydrogen (secondary N) is 1. The normalized spacial score (nSPS) is 19.5. The van der Waals surface area contributed by atoms with Crippen molar-refractivity contribution in [1.29, 1.82) is 0 Å². The first-order valence-electron chi connectivity index (χ1n) is 7.12. The minimum atomic E-state index is 0.201. The van der Waals surface area contributed by atoms with Gasteiger partial charge < -0.3 is 10.2 Å². The first-order valence-corrected chi connectivity index (χ1v) is 7.12. The van der Waals surface area contributed by atoms with Crippen LogP contribution in [0.15, 0.2) is 18.2 Å². The van der Waals surface area contributed by atoms with Crippen molar-refractivity contribution in [1.82, 2.24) is 10.2 Å². The molecule has 1 aliphatic rings. The molecule has 19 heavy (non-hydrogen) atoms. The fraction of sp³-hybridized carbons (Fsp3) is 0.562. The molecule has 1 atom stereocenters. The van der Waals surface area contributed by atoms with Crippen LogP contribution in [0.3, 0.4) is 0 Å². The molecular formula is C16H24N2O. The van der Waals surface area contributed by atoms with Crippen LogP contribution in [0.5, 0.6) is 0 Å². The third kappa shape index (κ3) is 3.57. The number of nitrogens with zero attached hydrogens (tertiary/aromatic N) is 1. The van der Waals surface area contributed by atoms with Crippen LogP contribution >= 0.6 is 0 Å². The van der Waals surface area contributed by atoms with Crippen molar-refractivity contribution in [2.45, 2.75) is 39.7 Å². The zero-order valence-electron chi connectivity index (χ0n) is 12.2. The van der Waals surface area contributed by atoms with Gasteiger partial charge in [-0.25, -0.2) is 0 Å². The molecule has 0 radical (unpaired) electrons. The second-order valence-corrected chi connectivity index (χ2v) is 5.54. The van der Waals surface area contributed by atoms with E-state index in [1.807, 2.05) is 4.90 Å². The summed E-state index contributed by atoms with van der Waals surface area (Å²) in [5.41, 5.74) is 4.07. The van der Waals surface area contributed by atoms with Crippen LogP contribution in [0.25, 0.3) is 0 Å². The summed E-state index contributed by atoms with van der Waals surface area (Å²) >= 11 is 0. The van der Waals surface area contributed by atoms with Crippen molar-refractivity contribution in [3.8, 4) is 0 Å². The van der Waals surface area contributed by atoms with E-state index in [4.69, 9.17) is 0 Å². The van der Waals surface area contributed by atoms with E-state index in [-0.39, 0.29) is 5.91 Å². The average molecular weight is 260 g/mol. The summed E-state index contributed by atoms with van der Waals surface area (Å²) in [7, 11) is 0. The highest BCUT2D eigenvalue weighted by Crippen LogP contribution is 2.16. The molecule has 0 spiro atoms. The summed E-state index contributed by atoms with van der Waals surface area (Å²) in [6.07, 6.45) is 2.08. The molecule has 0 saturated carbocycles. The highest BCUT2D eigenvalue weighted by molar-refractivity contribution is 5.73. The maximum atomic E-state index is 11.6. The number of amides is 1. The number of aryl methyl sites for hydroxylation is 3. The molecule has 1 amide bonds. The molecule has 1 saturated heterocycles. The van der Waals surface area contributed by atoms with Crippen LogP contribution in [0.4, 0.5) is 0 Å². The Hall–Kier alpha value is -1.35. The summed E-state index contributed by atoms with van der Waals surface area (Å²) < 4.78 is 0. The van der Waals surface area contributed by atoms with E-state index in [0.717, 1.165) is 32.5 Å². The van der Waals surface area contributed by atoms with Gasteiger partial charge in [0.05, 0.1) is 0 Å². The van der Waals surface area contributed by atoms with E-state index in [9.17, 15) is 4.79 Å². The molecular weight excluding hydrogens is 236 g/mol. The number of rotatable bonds is 3. The zero-order chi connectivity index (χ0) is 13.8. The summed E-state index contributed by atoms with van der Waals surface area (Å²) in [5, 5.41) is 3.39. The smallest absolute Gasteiger partial charge is 0.219 e. The van der Waals surface area contributed by atoms with E-state index in [1.54, 1.807) is 6.92 Å². The third-order valence-corrected chi connectivity index (χ3v) is 4.00. The molecule has 3 nitrogen and oxygen atoms in total. The van der Waals surface area contributed by atoms with Crippen LogP contribution in [-0.4, -0.2) is 36.5 Å². The standard InChI is InChI=1S/C16H24N2O/c1-12-4-5-15(13(2)10-12)6-7-16-11-17-8-9-18(16)14(3)19/h4-5,10,16-17H,6-9,11H2,1-3H3. The summed E-state index contributed by atoms with van der Waals surface area (Å²) in [4.78, 5) is 13.6. The monoisotopic (exact) mass is 260 g/mol. The predicted octanol–water partition coefficient (Wildman–Crippen LogP) is 2.06. The number of hydrogen-bond donors (Lipinski definition) is 1. The van der Waals surface area contributed by atoms with Crippen molar-refractivity contribution < 1.29 is 4.79 Å². The van der Waals surface area contributed by atoms with Crippen LogP contribution in [0, 0.1) is 13.8 Å². The number of hydrogen-bond acceptors (Lipinski definition) is 2. The van der Waals surface area contributed by atoms with Gasteiger partial charge in [-0.2, -0.15) is 0 Å². The lowest BCUT2D eigenvalue weighted by atomic mass is 9.98. The van der Waals surface area contributed by atoms with Crippen LogP contribution < -0.4 is 5.32 Å². The molecule has 0 aromatic heterocycles. The Morgan fingerprint density at radius 3 is 2.89 bits per heavy atom. The van der Waals surface area contributed by atoms with Crippen molar-refractivity contribution in [2.75, 3.05) is 19.6 Å². The fourth-order valence-corrected chi connectivity index (χ4v) is 2.88. The lowest BCUT2D eigenvalue weighted by molar-refractivity contribution is -0.132. The molecule has 0 bridgehead atoms. The summed E-state index contributed by atoms with van der Waals surface area (Å²) in [6, 6.07) is 6.97. The highest BCUT2D eigenvalue weighted by Gasteiger charge is 2.23. The fourth-order valence-electron chi connectivity index (χ4n) is 2.88. The van der Waals surface area contributed by atoms with E-state index in [1.165, 1.54) is 16.7 Å². The lowest BCUT2D eigenvalue weighted by Crippen LogP contribution is -2.53. The molecule has 1 aromatic carbocycles. The Morgan fingerprint density at radius 1 is 1.42 bits per heavy atom. The van der Waals surface area contributed by atoms with Gasteiger partial charge in [0.1, 0.15) is 0 Å². The summed E-state index contributed by atoms with van der Waals surface area (Å²) in [6.45, 7) is 8.65. The van der Waals surface area contributed by atoms with Crippen LogP contribution in [0.2, 0.25) is 0 Å². The Labute approximate surface area is 116 Å². The van der Waals surface area contributed by atoms with Crippen molar-refractivity contribution in [3.63, 3.8) is 0 Å². The minimum absolute atomic E-state index is 0.201. The van der Waals surface area contributed by atoms with Crippen molar-refractivity contribution in [3.05, 3.63) is 34.9 Å². The van der Waals surface area contributed by atoms with Gasteiger partial charge in [0.15, 0.2) is 0 Å². The van der Waals surface area contributed by atoms with Gasteiger partial charge in [-0.3, -0.25) is 4.79 Å². The maximum absolute atomic E-state index is 11.6. The van der Waals surface area contributed by atoms with Gasteiger partial charge in [0.2, 0.25) is 5.91 Å². The lowest BCUT2D eigenvalue weighted by Gasteiger charge is -2.35. The topological polar surface area (TPSA) is 32.3 Å². The van der Waals surface area contributed by atoms with Crippen molar-refractivity contribution >= 4 is 5.91 Å². The quantitative estimate of drug-likeness (QED) is 0.902. The first kappa shape index (κ1) is 14.1. The molecule has 104 valence electrons. The van der Waals surface area contributed by atoms with Gasteiger partial charge in [0.25, 0.3) is 0 Å². The molecule has 3 heteroatoms. The van der Waals surface area contributed by atoms with E-state index >= 15 is 0 Å². The predicted molar refractivity (Wildman–Crippen MR) is 78.3 cm³/mol. The Morgan fingerprint density at radius 2 is 2.21 bits per heavy atom. The molecule has 1 N–H and O–H groups in total. The summed E-state index contributed by atoms with van der Waals surface area (Å²) in [5.74, 6) is 0.201. The minimum Gasteiger partial charge on any atom is -0.337 e. The van der Waals surface area contributed by atoms with E-state index in [0.29, 0.717) is 6.04 Å². The number of benzene rings is 1. The van der Waals surface area contributed by atoms with E-state index in [2.05, 4.69) is 37.4 Å². The van der Waals surface area contributed by atoms with Gasteiger partial charge >= 0.3 is 0 Å². The van der Waals surface area contributed by atoms with Gasteiger partial charge in [-0.1, -0.05) is 23.8 Å². The zero-order valence-corrected chi connectivity index (χ0v) is 12.2. The largest absolute Gasteiger partial charge is 0.337 e. The molecule has 1 heterocycles. The Balaban J connectivity index is 1.98. The maximum Gasteiger partial charge on any atom is 0.219 e. The molecule has 0 aliphatic carbocycles. The van der Waals surface area contributed by atoms with Gasteiger partial charge in [0, 0.05) is 32.6 Å². The van der Waals surface area contributed by atoms with Gasteiger partial charge in [-0.15, -0.1) is 0 Å². The second-order valence-electron chi connectivity index (χ2n) is 5.54. The Bertz CT molecular complexity index is 456. The molecule has 1 fully saturated rings. The average Bonchev–Trinajstić information content (AvgIpc) is 2.38. The van der Waals surface area contributed by atoms with Gasteiger partial charge in [-0.05, 0) is 37.8 Å². The molecule has 1 aliphatic heterocycles. The molecule has 1 unspecified atom stereocenters. The van der Waals surface area contributed by atoms with E-state index < -0.39 is 0 Å². The molecule has 2 rings (SSSR count). The number of carbonyl (C=O) groups excluding carboxylic acids is 1. The number of piperazine rings is 1.